The van der Waals surface area contributed by atoms with E-state index < -0.39 is 11.5 Å². The number of hydrogen-bond acceptors (Lipinski definition) is 5. The smallest absolute Gasteiger partial charge is 0.291 e. The first kappa shape index (κ1) is 21.2. The molecule has 5 nitrogen and oxygen atoms in total. The molecule has 0 saturated heterocycles. The van der Waals surface area contributed by atoms with Crippen LogP contribution in [0.1, 0.15) is 51.0 Å². The molecule has 1 aromatic rings. The van der Waals surface area contributed by atoms with Gasteiger partial charge < -0.3 is 9.15 Å². The highest BCUT2D eigenvalue weighted by molar-refractivity contribution is 5.47. The van der Waals surface area contributed by atoms with E-state index in [2.05, 4.69) is 23.6 Å². The van der Waals surface area contributed by atoms with Gasteiger partial charge in [0.2, 0.25) is 0 Å². The van der Waals surface area contributed by atoms with Crippen molar-refractivity contribution in [1.29, 1.82) is 0 Å². The van der Waals surface area contributed by atoms with Gasteiger partial charge in [0.05, 0.1) is 18.1 Å². The lowest BCUT2D eigenvalue weighted by atomic mass is 9.63. The maximum Gasteiger partial charge on any atom is 0.291 e. The summed E-state index contributed by atoms with van der Waals surface area (Å²) >= 11 is 0. The standard InChI is InChI=1S/C22H30O5/c1-9-17(27-24)14(4)18-13(3)10-12(2)11-22(18,7)20-15(5)19(23)16(6)21(25-8)26-20/h10-11,17-18,24H,4,9H2,1-3,5-8H3/t17-,18+,22+/m1/s1. The fourth-order valence-electron chi connectivity index (χ4n) is 4.41. The molecule has 0 spiro atoms. The van der Waals surface area contributed by atoms with Gasteiger partial charge in [-0.1, -0.05) is 36.8 Å². The minimum Gasteiger partial charge on any atom is -0.468 e. The topological polar surface area (TPSA) is 68.9 Å². The zero-order valence-electron chi connectivity index (χ0n) is 17.3. The molecule has 0 unspecified atom stereocenters. The average Bonchev–Trinajstić information content (AvgIpc) is 2.60. The second kappa shape index (κ2) is 7.87. The Labute approximate surface area is 160 Å². The summed E-state index contributed by atoms with van der Waals surface area (Å²) < 4.78 is 11.4. The van der Waals surface area contributed by atoms with E-state index in [1.165, 1.54) is 7.11 Å². The monoisotopic (exact) mass is 374 g/mol. The predicted octanol–water partition coefficient (Wildman–Crippen LogP) is 4.87. The summed E-state index contributed by atoms with van der Waals surface area (Å²) in [5.41, 5.74) is 3.11. The van der Waals surface area contributed by atoms with Crippen LogP contribution in [0.3, 0.4) is 0 Å². The highest BCUT2D eigenvalue weighted by atomic mass is 17.1. The molecule has 0 fully saturated rings. The fourth-order valence-corrected chi connectivity index (χ4v) is 4.41. The Bertz CT molecular complexity index is 854. The van der Waals surface area contributed by atoms with Crippen molar-refractivity contribution in [3.05, 3.63) is 62.6 Å². The number of rotatable bonds is 6. The van der Waals surface area contributed by atoms with Crippen LogP contribution < -0.4 is 10.2 Å². The van der Waals surface area contributed by atoms with Gasteiger partial charge in [-0.2, -0.15) is 0 Å². The molecule has 0 aliphatic heterocycles. The Morgan fingerprint density at radius 2 is 1.96 bits per heavy atom. The third-order valence-corrected chi connectivity index (χ3v) is 5.52. The van der Waals surface area contributed by atoms with E-state index in [-0.39, 0.29) is 17.3 Å². The van der Waals surface area contributed by atoms with Crippen LogP contribution in [0.4, 0.5) is 0 Å². The molecule has 5 heteroatoms. The average molecular weight is 374 g/mol. The van der Waals surface area contributed by atoms with E-state index in [4.69, 9.17) is 9.15 Å². The van der Waals surface area contributed by atoms with E-state index in [0.717, 1.165) is 16.7 Å². The molecule has 0 saturated carbocycles. The Morgan fingerprint density at radius 3 is 2.48 bits per heavy atom. The highest BCUT2D eigenvalue weighted by Gasteiger charge is 2.44. The van der Waals surface area contributed by atoms with Gasteiger partial charge in [0.15, 0.2) is 5.43 Å². The molecular formula is C22H30O5. The molecule has 0 radical (unpaired) electrons. The maximum atomic E-state index is 12.8. The van der Waals surface area contributed by atoms with Gasteiger partial charge in [-0.15, -0.1) is 0 Å². The Hall–Kier alpha value is -2.11. The number of methoxy groups -OCH3 is 1. The first-order valence-corrected chi connectivity index (χ1v) is 9.17. The molecule has 1 heterocycles. The Balaban J connectivity index is 2.77. The molecule has 0 aromatic carbocycles. The summed E-state index contributed by atoms with van der Waals surface area (Å²) in [5, 5.41) is 9.33. The molecule has 1 aliphatic rings. The predicted molar refractivity (Wildman–Crippen MR) is 106 cm³/mol. The first-order valence-electron chi connectivity index (χ1n) is 9.17. The molecule has 2 rings (SSSR count). The molecule has 0 bridgehead atoms. The molecule has 0 amide bonds. The molecule has 3 atom stereocenters. The number of allylic oxidation sites excluding steroid dienone is 4. The zero-order valence-corrected chi connectivity index (χ0v) is 17.3. The molecule has 148 valence electrons. The summed E-state index contributed by atoms with van der Waals surface area (Å²) in [4.78, 5) is 17.4. The van der Waals surface area contributed by atoms with Gasteiger partial charge in [0, 0.05) is 11.5 Å². The molecule has 1 N–H and O–H groups in total. The Morgan fingerprint density at radius 1 is 1.33 bits per heavy atom. The van der Waals surface area contributed by atoms with Crippen LogP contribution >= 0.6 is 0 Å². The van der Waals surface area contributed by atoms with Crippen LogP contribution in [-0.4, -0.2) is 18.5 Å². The zero-order chi connectivity index (χ0) is 20.5. The van der Waals surface area contributed by atoms with Crippen LogP contribution in [0.2, 0.25) is 0 Å². The van der Waals surface area contributed by atoms with Crippen molar-refractivity contribution in [2.75, 3.05) is 7.11 Å². The third kappa shape index (κ3) is 3.54. The van der Waals surface area contributed by atoms with Gasteiger partial charge in [-0.05, 0) is 46.6 Å². The number of hydrogen-bond donors (Lipinski definition) is 1. The van der Waals surface area contributed by atoms with Crippen molar-refractivity contribution >= 4 is 0 Å². The van der Waals surface area contributed by atoms with E-state index >= 15 is 0 Å². The van der Waals surface area contributed by atoms with Gasteiger partial charge in [0.1, 0.15) is 11.9 Å². The largest absolute Gasteiger partial charge is 0.468 e. The van der Waals surface area contributed by atoms with Crippen molar-refractivity contribution in [2.45, 2.75) is 59.5 Å². The van der Waals surface area contributed by atoms with E-state index in [1.54, 1.807) is 13.8 Å². The van der Waals surface area contributed by atoms with Crippen molar-refractivity contribution in [1.82, 2.24) is 0 Å². The summed E-state index contributed by atoms with van der Waals surface area (Å²) in [6.45, 7) is 15.7. The third-order valence-electron chi connectivity index (χ3n) is 5.52. The van der Waals surface area contributed by atoms with Crippen molar-refractivity contribution in [3.8, 4) is 5.95 Å². The minimum atomic E-state index is -0.670. The lowest BCUT2D eigenvalue weighted by Gasteiger charge is -2.41. The summed E-state index contributed by atoms with van der Waals surface area (Å²) in [7, 11) is 1.49. The number of ether oxygens (including phenoxy) is 1. The quantitative estimate of drug-likeness (QED) is 0.437. The first-order chi connectivity index (χ1) is 12.6. The highest BCUT2D eigenvalue weighted by Crippen LogP contribution is 2.48. The van der Waals surface area contributed by atoms with Crippen LogP contribution in [0.15, 0.2) is 44.7 Å². The van der Waals surface area contributed by atoms with E-state index in [0.29, 0.717) is 23.3 Å². The lowest BCUT2D eigenvalue weighted by molar-refractivity contribution is -0.270. The fraction of sp³-hybridized carbons (Fsp3) is 0.500. The van der Waals surface area contributed by atoms with Crippen LogP contribution in [0, 0.1) is 19.8 Å². The molecule has 27 heavy (non-hydrogen) atoms. The van der Waals surface area contributed by atoms with Crippen LogP contribution in [0.25, 0.3) is 0 Å². The normalized spacial score (nSPS) is 23.5. The Kier molecular flexibility index (Phi) is 6.17. The van der Waals surface area contributed by atoms with Gasteiger partial charge in [-0.25, -0.2) is 4.89 Å². The van der Waals surface area contributed by atoms with Crippen molar-refractivity contribution in [2.24, 2.45) is 5.92 Å². The van der Waals surface area contributed by atoms with Gasteiger partial charge in [0.25, 0.3) is 5.95 Å². The second-order valence-corrected chi connectivity index (χ2v) is 7.57. The molecule has 1 aliphatic carbocycles. The SMILES string of the molecule is C=C([C@@H]1C(C)=CC(C)=C[C@]1(C)c1oc(OC)c(C)c(=O)c1C)[C@@H](CC)OO. The van der Waals surface area contributed by atoms with E-state index in [1.807, 2.05) is 27.7 Å². The van der Waals surface area contributed by atoms with Crippen LogP contribution in [-0.2, 0) is 10.3 Å². The molecular weight excluding hydrogens is 344 g/mol. The summed E-state index contributed by atoms with van der Waals surface area (Å²) in [5.74, 6) is 0.558. The minimum absolute atomic E-state index is 0.0950. The van der Waals surface area contributed by atoms with Gasteiger partial charge in [-0.3, -0.25) is 10.1 Å². The van der Waals surface area contributed by atoms with Crippen molar-refractivity contribution in [3.63, 3.8) is 0 Å². The van der Waals surface area contributed by atoms with Gasteiger partial charge >= 0.3 is 0 Å². The van der Waals surface area contributed by atoms with E-state index in [9.17, 15) is 10.1 Å². The maximum absolute atomic E-state index is 12.8. The second-order valence-electron chi connectivity index (χ2n) is 7.57. The summed E-state index contributed by atoms with van der Waals surface area (Å²) in [6.07, 6.45) is 4.24. The lowest BCUT2D eigenvalue weighted by Crippen LogP contribution is -2.39. The van der Waals surface area contributed by atoms with Crippen molar-refractivity contribution < 1.29 is 19.3 Å². The van der Waals surface area contributed by atoms with Crippen LogP contribution in [0.5, 0.6) is 5.95 Å². The summed E-state index contributed by atoms with van der Waals surface area (Å²) in [6, 6.07) is 0. The molecule has 1 aromatic heterocycles.